The first kappa shape index (κ1) is 26.8. The highest BCUT2D eigenvalue weighted by Crippen LogP contribution is 2.41. The lowest BCUT2D eigenvalue weighted by Gasteiger charge is -2.22. The van der Waals surface area contributed by atoms with Crippen LogP contribution in [-0.2, 0) is 14.2 Å². The van der Waals surface area contributed by atoms with Crippen molar-refractivity contribution in [2.45, 2.75) is 64.5 Å². The molecule has 0 bridgehead atoms. The molecule has 0 radical (unpaired) electrons. The Morgan fingerprint density at radius 2 is 1.68 bits per heavy atom. The van der Waals surface area contributed by atoms with Crippen LogP contribution in [0.4, 0.5) is 10.7 Å². The minimum Gasteiger partial charge on any atom is -0.465 e. The van der Waals surface area contributed by atoms with Gasteiger partial charge in [0.05, 0.1) is 19.7 Å². The van der Waals surface area contributed by atoms with Gasteiger partial charge in [0.1, 0.15) is 16.7 Å². The molecule has 0 atom stereocenters. The summed E-state index contributed by atoms with van der Waals surface area (Å²) >= 11 is 3.48. The first-order chi connectivity index (χ1) is 17.5. The number of hydrogen-bond acceptors (Lipinski definition) is 8. The Labute approximate surface area is 223 Å². The van der Waals surface area contributed by atoms with E-state index in [4.69, 9.17) is 18.6 Å². The number of fused-ring (bicyclic) bond motifs is 1. The van der Waals surface area contributed by atoms with Gasteiger partial charge in [-0.3, -0.25) is 4.57 Å². The number of aromatic nitrogens is 1. The number of hydrogen-bond donors (Lipinski definition) is 1. The van der Waals surface area contributed by atoms with Crippen molar-refractivity contribution >= 4 is 50.7 Å². The molecule has 10 heteroatoms. The summed E-state index contributed by atoms with van der Waals surface area (Å²) in [6.07, 6.45) is 6.04. The van der Waals surface area contributed by atoms with Gasteiger partial charge in [-0.05, 0) is 51.8 Å². The fraction of sp³-hybridized carbons (Fsp3) is 0.444. The lowest BCUT2D eigenvalue weighted by molar-refractivity contribution is 0.0542. The van der Waals surface area contributed by atoms with Crippen LogP contribution in [0.15, 0.2) is 33.3 Å². The van der Waals surface area contributed by atoms with Crippen molar-refractivity contribution in [2.24, 2.45) is 0 Å². The molecule has 4 rings (SSSR count). The number of methoxy groups -OCH3 is 2. The van der Waals surface area contributed by atoms with Gasteiger partial charge < -0.3 is 23.9 Å². The molecule has 9 nitrogen and oxygen atoms in total. The van der Waals surface area contributed by atoms with Crippen molar-refractivity contribution in [2.75, 3.05) is 19.5 Å². The molecule has 1 aliphatic rings. The van der Waals surface area contributed by atoms with Crippen molar-refractivity contribution in [3.05, 3.63) is 40.0 Å². The van der Waals surface area contributed by atoms with E-state index in [2.05, 4.69) is 21.2 Å². The summed E-state index contributed by atoms with van der Waals surface area (Å²) in [5.74, 6) is -1.26. The molecule has 1 aromatic carbocycles. The van der Waals surface area contributed by atoms with Gasteiger partial charge in [0, 0.05) is 27.7 Å². The van der Waals surface area contributed by atoms with E-state index in [1.54, 1.807) is 45.2 Å². The van der Waals surface area contributed by atoms with Crippen molar-refractivity contribution in [3.63, 3.8) is 0 Å². The molecule has 1 N–H and O–H groups in total. The van der Waals surface area contributed by atoms with Crippen LogP contribution in [-0.4, -0.2) is 48.5 Å². The summed E-state index contributed by atoms with van der Waals surface area (Å²) in [7, 11) is 2.47. The molecule has 198 valence electrons. The summed E-state index contributed by atoms with van der Waals surface area (Å²) < 4.78 is 24.0. The van der Waals surface area contributed by atoms with Crippen LogP contribution in [0.1, 0.15) is 73.6 Å². The number of carbonyl (C=O) groups is 3. The molecule has 0 unspecified atom stereocenters. The zero-order chi connectivity index (χ0) is 26.9. The van der Waals surface area contributed by atoms with E-state index >= 15 is 0 Å². The number of esters is 2. The zero-order valence-electron chi connectivity index (χ0n) is 21.6. The molecular weight excluding hydrogens is 544 g/mol. The third kappa shape index (κ3) is 5.53. The van der Waals surface area contributed by atoms with Crippen molar-refractivity contribution in [1.29, 1.82) is 0 Å². The number of rotatable bonds is 5. The van der Waals surface area contributed by atoms with Gasteiger partial charge in [-0.2, -0.15) is 0 Å². The Balaban J connectivity index is 1.96. The Hall–Kier alpha value is -3.27. The Bertz CT molecular complexity index is 1340. The highest BCUT2D eigenvalue weighted by Gasteiger charge is 2.35. The van der Waals surface area contributed by atoms with Crippen LogP contribution in [0.2, 0.25) is 0 Å². The third-order valence-electron chi connectivity index (χ3n) is 6.23. The van der Waals surface area contributed by atoms with Gasteiger partial charge in [-0.25, -0.2) is 14.4 Å². The zero-order valence-corrected chi connectivity index (χ0v) is 23.2. The number of benzene rings is 1. The number of anilines is 1. The van der Waals surface area contributed by atoms with E-state index < -0.39 is 23.6 Å². The molecule has 0 saturated heterocycles. The van der Waals surface area contributed by atoms with Crippen molar-refractivity contribution in [1.82, 2.24) is 4.57 Å². The summed E-state index contributed by atoms with van der Waals surface area (Å²) in [5.41, 5.74) is 0.129. The maximum Gasteiger partial charge on any atom is 0.419 e. The molecule has 1 fully saturated rings. The number of ether oxygens (including phenoxy) is 3. The second kappa shape index (κ2) is 10.6. The summed E-state index contributed by atoms with van der Waals surface area (Å²) in [5, 5.41) is 3.92. The van der Waals surface area contributed by atoms with E-state index in [0.717, 1.165) is 36.6 Å². The maximum absolute atomic E-state index is 13.1. The molecule has 1 saturated carbocycles. The Morgan fingerprint density at radius 3 is 2.30 bits per heavy atom. The van der Waals surface area contributed by atoms with Gasteiger partial charge in [-0.15, -0.1) is 0 Å². The fourth-order valence-electron chi connectivity index (χ4n) is 4.59. The van der Waals surface area contributed by atoms with Gasteiger partial charge in [0.25, 0.3) is 0 Å². The standard InChI is InChI=1S/C27H31BrN2O7/c1-27(2,3)37-26(33)30-14-18(17-13-15(28)11-12-19(17)30)22-20(24(31)34-4)21(25(32)35-5)23(36-22)29-16-9-7-6-8-10-16/h11-14,16,29H,6-10H2,1-5H3. The van der Waals surface area contributed by atoms with Crippen LogP contribution in [0.3, 0.4) is 0 Å². The summed E-state index contributed by atoms with van der Waals surface area (Å²) in [6, 6.07) is 5.45. The van der Waals surface area contributed by atoms with E-state index in [9.17, 15) is 14.4 Å². The average Bonchev–Trinajstić information content (AvgIpc) is 3.41. The highest BCUT2D eigenvalue weighted by atomic mass is 79.9. The first-order valence-electron chi connectivity index (χ1n) is 12.2. The van der Waals surface area contributed by atoms with Crippen LogP contribution in [0.25, 0.3) is 22.2 Å². The van der Waals surface area contributed by atoms with E-state index in [0.29, 0.717) is 16.5 Å². The predicted octanol–water partition coefficient (Wildman–Crippen LogP) is 6.76. The first-order valence-corrected chi connectivity index (χ1v) is 13.0. The number of carbonyl (C=O) groups excluding carboxylic acids is 3. The molecule has 3 aromatic rings. The topological polar surface area (TPSA) is 109 Å². The van der Waals surface area contributed by atoms with Crippen LogP contribution < -0.4 is 5.32 Å². The number of nitrogens with zero attached hydrogens (tertiary/aromatic N) is 1. The van der Waals surface area contributed by atoms with Crippen LogP contribution in [0.5, 0.6) is 0 Å². The molecule has 0 aliphatic heterocycles. The van der Waals surface area contributed by atoms with E-state index in [-0.39, 0.29) is 28.8 Å². The smallest absolute Gasteiger partial charge is 0.419 e. The van der Waals surface area contributed by atoms with E-state index in [1.807, 2.05) is 0 Å². The predicted molar refractivity (Wildman–Crippen MR) is 142 cm³/mol. The Kier molecular flexibility index (Phi) is 7.68. The SMILES string of the molecule is COC(=O)c1c(NC2CCCCC2)oc(-c2cn(C(=O)OC(C)(C)C)c3ccc(Br)cc23)c1C(=O)OC. The quantitative estimate of drug-likeness (QED) is 0.263. The number of furan rings is 1. The summed E-state index contributed by atoms with van der Waals surface area (Å²) in [4.78, 5) is 39.1. The maximum atomic E-state index is 13.1. The van der Waals surface area contributed by atoms with Gasteiger partial charge in [0.15, 0.2) is 5.76 Å². The monoisotopic (exact) mass is 574 g/mol. The fourth-order valence-corrected chi connectivity index (χ4v) is 4.95. The van der Waals surface area contributed by atoms with Crippen molar-refractivity contribution in [3.8, 4) is 11.3 Å². The molecule has 1 aliphatic carbocycles. The second-order valence-corrected chi connectivity index (χ2v) is 10.9. The van der Waals surface area contributed by atoms with Gasteiger partial charge in [-0.1, -0.05) is 35.2 Å². The molecule has 2 heterocycles. The second-order valence-electron chi connectivity index (χ2n) is 10.0. The molecule has 0 amide bonds. The molecule has 37 heavy (non-hydrogen) atoms. The lowest BCUT2D eigenvalue weighted by Crippen LogP contribution is -2.26. The van der Waals surface area contributed by atoms with Gasteiger partial charge >= 0.3 is 18.0 Å². The number of nitrogens with one attached hydrogen (secondary N) is 1. The minimum absolute atomic E-state index is 0.0388. The Morgan fingerprint density at radius 1 is 1.03 bits per heavy atom. The molecule has 0 spiro atoms. The largest absolute Gasteiger partial charge is 0.465 e. The lowest BCUT2D eigenvalue weighted by atomic mass is 9.95. The van der Waals surface area contributed by atoms with Gasteiger partial charge in [0.2, 0.25) is 5.88 Å². The molecule has 2 aromatic heterocycles. The summed E-state index contributed by atoms with van der Waals surface area (Å²) in [6.45, 7) is 5.34. The number of halogens is 1. The highest BCUT2D eigenvalue weighted by molar-refractivity contribution is 9.10. The van der Waals surface area contributed by atoms with Crippen molar-refractivity contribution < 1.29 is 33.0 Å². The van der Waals surface area contributed by atoms with E-state index in [1.165, 1.54) is 18.8 Å². The molecular formula is C27H31BrN2O7. The van der Waals surface area contributed by atoms with Crippen LogP contribution >= 0.6 is 15.9 Å². The normalized spacial score (nSPS) is 14.4. The average molecular weight is 575 g/mol. The third-order valence-corrected chi connectivity index (χ3v) is 6.72. The van der Waals surface area contributed by atoms with Crippen LogP contribution in [0, 0.1) is 0 Å². The minimum atomic E-state index is -0.760.